The van der Waals surface area contributed by atoms with Crippen molar-refractivity contribution in [2.45, 2.75) is 44.6 Å². The lowest BCUT2D eigenvalue weighted by molar-refractivity contribution is 0.478. The van der Waals surface area contributed by atoms with Crippen LogP contribution in [0.2, 0.25) is 5.02 Å². The summed E-state index contributed by atoms with van der Waals surface area (Å²) in [4.78, 5) is 5.94. The molecule has 1 fully saturated rings. The first kappa shape index (κ1) is 17.8. The van der Waals surface area contributed by atoms with Gasteiger partial charge in [0.15, 0.2) is 10.9 Å². The number of phenolic OH excluding ortho intramolecular Hbond substituents is 1. The van der Waals surface area contributed by atoms with E-state index in [0.29, 0.717) is 16.8 Å². The average molecular weight is 406 g/mol. The monoisotopic (exact) mass is 405 g/mol. The van der Waals surface area contributed by atoms with E-state index in [1.807, 2.05) is 6.07 Å². The molecule has 1 aromatic carbocycles. The molecule has 0 unspecified atom stereocenters. The minimum absolute atomic E-state index is 0.00667. The molecule has 3 N–H and O–H groups in total. The Hall–Kier alpha value is -1.63. The van der Waals surface area contributed by atoms with Crippen molar-refractivity contribution >= 4 is 52.0 Å². The molecule has 4 nitrogen and oxygen atoms in total. The first-order chi connectivity index (χ1) is 12.6. The summed E-state index contributed by atoms with van der Waals surface area (Å²) in [7, 11) is 0. The number of halogens is 1. The zero-order chi connectivity index (χ0) is 18.1. The number of allylic oxidation sites excluding steroid dienone is 1. The second-order valence-electron chi connectivity index (χ2n) is 6.71. The number of thiazole rings is 1. The summed E-state index contributed by atoms with van der Waals surface area (Å²) in [5, 5.41) is 18.5. The topological polar surface area (TPSA) is 57.2 Å². The van der Waals surface area contributed by atoms with E-state index in [1.54, 1.807) is 17.4 Å². The van der Waals surface area contributed by atoms with E-state index in [1.165, 1.54) is 17.7 Å². The highest BCUT2D eigenvalue weighted by molar-refractivity contribution is 7.80. The normalized spacial score (nSPS) is 16.5. The number of fused-ring (bicyclic) bond motifs is 1. The molecule has 136 valence electrons. The van der Waals surface area contributed by atoms with Gasteiger partial charge in [-0.25, -0.2) is 4.98 Å². The van der Waals surface area contributed by atoms with Gasteiger partial charge in [0.1, 0.15) is 5.01 Å². The standard InChI is InChI=1S/C19H20ClN3OS2/c20-13-9-11(18-22-14-7-3-4-8-16(14)26-18)10-15(17(13)24)23-19(25)21-12-5-1-2-6-12/h4,8-10,12,24H,1-3,5-7H2,(H2,21,23,25). The smallest absolute Gasteiger partial charge is 0.171 e. The van der Waals surface area contributed by atoms with E-state index in [4.69, 9.17) is 28.8 Å². The first-order valence-electron chi connectivity index (χ1n) is 8.87. The number of aromatic hydroxyl groups is 1. The van der Waals surface area contributed by atoms with Crippen molar-refractivity contribution in [3.63, 3.8) is 0 Å². The number of phenols is 1. The van der Waals surface area contributed by atoms with Crippen molar-refractivity contribution in [2.75, 3.05) is 5.32 Å². The third-order valence-corrected chi connectivity index (χ3v) is 6.41. The second-order valence-corrected chi connectivity index (χ2v) is 8.55. The summed E-state index contributed by atoms with van der Waals surface area (Å²) in [5.41, 5.74) is 2.52. The molecule has 2 aliphatic carbocycles. The Kier molecular flexibility index (Phi) is 5.16. The third-order valence-electron chi connectivity index (χ3n) is 4.79. The van der Waals surface area contributed by atoms with Crippen LogP contribution in [0.1, 0.15) is 42.7 Å². The number of rotatable bonds is 3. The van der Waals surface area contributed by atoms with E-state index >= 15 is 0 Å². The fourth-order valence-corrected chi connectivity index (χ4v) is 4.96. The molecular formula is C19H20ClN3OS2. The summed E-state index contributed by atoms with van der Waals surface area (Å²) in [5.74, 6) is 0.00667. The van der Waals surface area contributed by atoms with Gasteiger partial charge >= 0.3 is 0 Å². The van der Waals surface area contributed by atoms with Crippen LogP contribution in [0, 0.1) is 0 Å². The molecule has 1 saturated carbocycles. The number of nitrogens with zero attached hydrogens (tertiary/aromatic N) is 1. The summed E-state index contributed by atoms with van der Waals surface area (Å²) < 4.78 is 0. The van der Waals surface area contributed by atoms with E-state index < -0.39 is 0 Å². The molecule has 0 bridgehead atoms. The van der Waals surface area contributed by atoms with E-state index in [9.17, 15) is 5.11 Å². The van der Waals surface area contributed by atoms with Gasteiger partial charge in [0, 0.05) is 11.6 Å². The molecule has 1 aromatic heterocycles. The number of aromatic nitrogens is 1. The average Bonchev–Trinajstić information content (AvgIpc) is 3.27. The summed E-state index contributed by atoms with van der Waals surface area (Å²) in [6.45, 7) is 0. The maximum atomic E-state index is 10.3. The number of hydrogen-bond acceptors (Lipinski definition) is 4. The maximum Gasteiger partial charge on any atom is 0.171 e. The van der Waals surface area contributed by atoms with Crippen molar-refractivity contribution in [2.24, 2.45) is 0 Å². The zero-order valence-electron chi connectivity index (χ0n) is 14.2. The van der Waals surface area contributed by atoms with Crippen LogP contribution in [0.4, 0.5) is 5.69 Å². The van der Waals surface area contributed by atoms with Gasteiger partial charge in [-0.1, -0.05) is 30.5 Å². The van der Waals surface area contributed by atoms with Gasteiger partial charge in [0.25, 0.3) is 0 Å². The van der Waals surface area contributed by atoms with E-state index in [0.717, 1.165) is 41.9 Å². The van der Waals surface area contributed by atoms with Crippen molar-refractivity contribution in [1.82, 2.24) is 10.3 Å². The van der Waals surface area contributed by atoms with Gasteiger partial charge in [-0.15, -0.1) is 11.3 Å². The molecular weight excluding hydrogens is 386 g/mol. The number of anilines is 1. The Morgan fingerprint density at radius 3 is 2.88 bits per heavy atom. The molecule has 1 heterocycles. The molecule has 2 aliphatic rings. The highest BCUT2D eigenvalue weighted by Crippen LogP contribution is 2.39. The van der Waals surface area contributed by atoms with Gasteiger partial charge in [0.2, 0.25) is 0 Å². The molecule has 0 spiro atoms. The number of hydrogen-bond donors (Lipinski definition) is 3. The van der Waals surface area contributed by atoms with Crippen molar-refractivity contribution < 1.29 is 5.11 Å². The van der Waals surface area contributed by atoms with Crippen LogP contribution in [-0.2, 0) is 6.42 Å². The molecule has 4 rings (SSSR count). The zero-order valence-corrected chi connectivity index (χ0v) is 16.6. The maximum absolute atomic E-state index is 10.3. The van der Waals surface area contributed by atoms with Gasteiger partial charge < -0.3 is 15.7 Å². The van der Waals surface area contributed by atoms with Crippen molar-refractivity contribution in [3.05, 3.63) is 33.8 Å². The number of benzene rings is 1. The van der Waals surface area contributed by atoms with Crippen LogP contribution in [0.25, 0.3) is 16.6 Å². The molecule has 2 aromatic rings. The molecule has 0 amide bonds. The Morgan fingerprint density at radius 2 is 2.12 bits per heavy atom. The minimum atomic E-state index is 0.00667. The lowest BCUT2D eigenvalue weighted by Gasteiger charge is -2.17. The molecule has 0 radical (unpaired) electrons. The van der Waals surface area contributed by atoms with Gasteiger partial charge in [-0.2, -0.15) is 0 Å². The Bertz CT molecular complexity index is 872. The van der Waals surface area contributed by atoms with Crippen LogP contribution in [0.3, 0.4) is 0 Å². The SMILES string of the molecule is Oc1c(Cl)cc(-c2nc3c(s2)C=CCC3)cc1NC(=S)NC1CCCC1. The summed E-state index contributed by atoms with van der Waals surface area (Å²) >= 11 is 13.3. The number of aryl methyl sites for hydroxylation is 1. The molecule has 0 saturated heterocycles. The highest BCUT2D eigenvalue weighted by atomic mass is 35.5. The van der Waals surface area contributed by atoms with Crippen molar-refractivity contribution in [3.8, 4) is 16.3 Å². The summed E-state index contributed by atoms with van der Waals surface area (Å²) in [6.07, 6.45) is 11.0. The Balaban J connectivity index is 1.58. The third kappa shape index (κ3) is 3.72. The Labute approximate surface area is 167 Å². The molecule has 7 heteroatoms. The van der Waals surface area contributed by atoms with Crippen LogP contribution in [0.5, 0.6) is 5.75 Å². The second kappa shape index (κ2) is 7.55. The summed E-state index contributed by atoms with van der Waals surface area (Å²) in [6, 6.07) is 4.02. The highest BCUT2D eigenvalue weighted by Gasteiger charge is 2.18. The van der Waals surface area contributed by atoms with Gasteiger partial charge in [-0.05, 0) is 56.1 Å². The first-order valence-corrected chi connectivity index (χ1v) is 10.5. The molecule has 26 heavy (non-hydrogen) atoms. The Morgan fingerprint density at radius 1 is 1.31 bits per heavy atom. The largest absolute Gasteiger partial charge is 0.504 e. The predicted molar refractivity (Wildman–Crippen MR) is 113 cm³/mol. The number of nitrogens with one attached hydrogen (secondary N) is 2. The van der Waals surface area contributed by atoms with E-state index in [2.05, 4.69) is 22.8 Å². The van der Waals surface area contributed by atoms with E-state index in [-0.39, 0.29) is 10.8 Å². The predicted octanol–water partition coefficient (Wildman–Crippen LogP) is 5.36. The van der Waals surface area contributed by atoms with Crippen LogP contribution < -0.4 is 10.6 Å². The fourth-order valence-electron chi connectivity index (χ4n) is 3.44. The fraction of sp³-hybridized carbons (Fsp3) is 0.368. The quantitative estimate of drug-likeness (QED) is 0.474. The van der Waals surface area contributed by atoms with Crippen LogP contribution >= 0.6 is 35.2 Å². The molecule has 0 aliphatic heterocycles. The minimum Gasteiger partial charge on any atom is -0.504 e. The number of thiocarbonyl (C=S) groups is 1. The van der Waals surface area contributed by atoms with Gasteiger partial charge in [-0.3, -0.25) is 0 Å². The lowest BCUT2D eigenvalue weighted by Crippen LogP contribution is -2.35. The van der Waals surface area contributed by atoms with Gasteiger partial charge in [0.05, 0.1) is 21.3 Å². The van der Waals surface area contributed by atoms with Crippen LogP contribution in [0.15, 0.2) is 18.2 Å². The van der Waals surface area contributed by atoms with Crippen molar-refractivity contribution in [1.29, 1.82) is 0 Å². The van der Waals surface area contributed by atoms with Crippen LogP contribution in [-0.4, -0.2) is 21.2 Å². The lowest BCUT2D eigenvalue weighted by atomic mass is 10.1. The molecule has 0 atom stereocenters.